The Kier molecular flexibility index (Phi) is 5.26. The van der Waals surface area contributed by atoms with Gasteiger partial charge in [-0.3, -0.25) is 0 Å². The van der Waals surface area contributed by atoms with Gasteiger partial charge >= 0.3 is 0 Å². The molecule has 3 atom stereocenters. The van der Waals surface area contributed by atoms with E-state index in [1.54, 1.807) is 6.26 Å². The van der Waals surface area contributed by atoms with Crippen molar-refractivity contribution in [3.63, 3.8) is 0 Å². The predicted molar refractivity (Wildman–Crippen MR) is 78.8 cm³/mol. The Balaban J connectivity index is 1.82. The van der Waals surface area contributed by atoms with Gasteiger partial charge in [-0.05, 0) is 48.8 Å². The van der Waals surface area contributed by atoms with E-state index >= 15 is 0 Å². The highest BCUT2D eigenvalue weighted by atomic mass is 16.5. The molecule has 1 fully saturated rings. The van der Waals surface area contributed by atoms with Gasteiger partial charge in [0.1, 0.15) is 5.76 Å². The van der Waals surface area contributed by atoms with Crippen molar-refractivity contribution < 1.29 is 9.15 Å². The van der Waals surface area contributed by atoms with Gasteiger partial charge < -0.3 is 9.15 Å². The molecule has 0 bridgehead atoms. The van der Waals surface area contributed by atoms with Crippen LogP contribution >= 0.6 is 0 Å². The average Bonchev–Trinajstić information content (AvgIpc) is 2.87. The van der Waals surface area contributed by atoms with Gasteiger partial charge in [-0.25, -0.2) is 0 Å². The van der Waals surface area contributed by atoms with Crippen LogP contribution in [0.2, 0.25) is 0 Å². The third kappa shape index (κ3) is 4.24. The zero-order chi connectivity index (χ0) is 13.7. The van der Waals surface area contributed by atoms with Gasteiger partial charge in [0.2, 0.25) is 0 Å². The van der Waals surface area contributed by atoms with Crippen molar-refractivity contribution in [3.8, 4) is 0 Å². The molecule has 1 heterocycles. The molecule has 0 aliphatic heterocycles. The van der Waals surface area contributed by atoms with Gasteiger partial charge in [-0.2, -0.15) is 0 Å². The van der Waals surface area contributed by atoms with Crippen LogP contribution in [0.25, 0.3) is 6.08 Å². The Bertz CT molecular complexity index is 378. The number of furan rings is 1. The van der Waals surface area contributed by atoms with E-state index in [1.165, 1.54) is 19.3 Å². The highest BCUT2D eigenvalue weighted by molar-refractivity contribution is 5.41. The van der Waals surface area contributed by atoms with Crippen LogP contribution in [0.3, 0.4) is 0 Å². The van der Waals surface area contributed by atoms with E-state index in [4.69, 9.17) is 9.15 Å². The minimum absolute atomic E-state index is 0.421. The second-order valence-corrected chi connectivity index (χ2v) is 6.12. The van der Waals surface area contributed by atoms with Crippen LogP contribution in [0.5, 0.6) is 0 Å². The van der Waals surface area contributed by atoms with Gasteiger partial charge in [-0.15, -0.1) is 0 Å². The minimum Gasteiger partial charge on any atom is -0.465 e. The molecular formula is C17H26O2. The van der Waals surface area contributed by atoms with Crippen LogP contribution in [0.15, 0.2) is 28.9 Å². The van der Waals surface area contributed by atoms with Crippen molar-refractivity contribution in [2.45, 2.75) is 46.1 Å². The van der Waals surface area contributed by atoms with Crippen molar-refractivity contribution in [1.29, 1.82) is 0 Å². The van der Waals surface area contributed by atoms with Gasteiger partial charge in [-0.1, -0.05) is 33.3 Å². The summed E-state index contributed by atoms with van der Waals surface area (Å²) in [7, 11) is 0. The van der Waals surface area contributed by atoms with E-state index in [9.17, 15) is 0 Å². The lowest BCUT2D eigenvalue weighted by atomic mass is 9.75. The molecule has 0 N–H and O–H groups in total. The fraction of sp³-hybridized carbons (Fsp3) is 0.647. The van der Waals surface area contributed by atoms with Gasteiger partial charge in [0, 0.05) is 0 Å². The molecule has 0 unspecified atom stereocenters. The van der Waals surface area contributed by atoms with E-state index < -0.39 is 0 Å². The topological polar surface area (TPSA) is 22.4 Å². The molecule has 0 radical (unpaired) electrons. The van der Waals surface area contributed by atoms with E-state index in [-0.39, 0.29) is 0 Å². The van der Waals surface area contributed by atoms with E-state index in [0.29, 0.717) is 24.5 Å². The van der Waals surface area contributed by atoms with Crippen molar-refractivity contribution in [2.24, 2.45) is 17.8 Å². The lowest BCUT2D eigenvalue weighted by molar-refractivity contribution is -0.0260. The van der Waals surface area contributed by atoms with Crippen LogP contribution in [-0.4, -0.2) is 12.7 Å². The summed E-state index contributed by atoms with van der Waals surface area (Å²) in [6, 6.07) is 3.86. The summed E-state index contributed by atoms with van der Waals surface area (Å²) in [5.41, 5.74) is 0. The molecule has 1 aliphatic carbocycles. The Morgan fingerprint density at radius 1 is 1.42 bits per heavy atom. The molecule has 19 heavy (non-hydrogen) atoms. The fourth-order valence-electron chi connectivity index (χ4n) is 3.04. The van der Waals surface area contributed by atoms with E-state index in [2.05, 4.69) is 26.8 Å². The summed E-state index contributed by atoms with van der Waals surface area (Å²) in [4.78, 5) is 0. The maximum atomic E-state index is 6.10. The summed E-state index contributed by atoms with van der Waals surface area (Å²) >= 11 is 0. The molecule has 1 aliphatic rings. The first-order valence-electron chi connectivity index (χ1n) is 7.48. The zero-order valence-corrected chi connectivity index (χ0v) is 12.3. The first-order valence-corrected chi connectivity index (χ1v) is 7.48. The van der Waals surface area contributed by atoms with Gasteiger partial charge in [0.25, 0.3) is 0 Å². The third-order valence-corrected chi connectivity index (χ3v) is 4.19. The average molecular weight is 262 g/mol. The molecule has 2 rings (SSSR count). The summed E-state index contributed by atoms with van der Waals surface area (Å²) in [6.07, 6.45) is 10.0. The summed E-state index contributed by atoms with van der Waals surface area (Å²) < 4.78 is 11.4. The quantitative estimate of drug-likeness (QED) is 0.762. The standard InChI is InChI=1S/C17H26O2/c1-13(2)16-9-8-14(3)12-17(16)19-11-5-7-15-6-4-10-18-15/h4-7,10,13-14,16-17H,8-9,11-12H2,1-3H3/b7-5+/t14-,16+,17-/m1/s1. The van der Waals surface area contributed by atoms with Crippen LogP contribution in [0.4, 0.5) is 0 Å². The molecule has 106 valence electrons. The monoisotopic (exact) mass is 262 g/mol. The summed E-state index contributed by atoms with van der Waals surface area (Å²) in [5.74, 6) is 3.12. The maximum absolute atomic E-state index is 6.10. The largest absolute Gasteiger partial charge is 0.465 e. The van der Waals surface area contributed by atoms with Gasteiger partial charge in [0.15, 0.2) is 0 Å². The molecule has 2 heteroatoms. The van der Waals surface area contributed by atoms with Crippen LogP contribution in [-0.2, 0) is 4.74 Å². The fourth-order valence-corrected chi connectivity index (χ4v) is 3.04. The summed E-state index contributed by atoms with van der Waals surface area (Å²) in [5, 5.41) is 0. The SMILES string of the molecule is CC(C)[C@@H]1CC[C@@H](C)C[C@H]1OC/C=C/c1ccco1. The maximum Gasteiger partial charge on any atom is 0.126 e. The molecule has 1 saturated carbocycles. The number of hydrogen-bond donors (Lipinski definition) is 0. The molecule has 0 amide bonds. The third-order valence-electron chi connectivity index (χ3n) is 4.19. The molecular weight excluding hydrogens is 236 g/mol. The molecule has 1 aromatic rings. The first kappa shape index (κ1) is 14.4. The van der Waals surface area contributed by atoms with Crippen LogP contribution in [0.1, 0.15) is 45.8 Å². The lowest BCUT2D eigenvalue weighted by Crippen LogP contribution is -2.34. The van der Waals surface area contributed by atoms with E-state index in [0.717, 1.165) is 11.7 Å². The lowest BCUT2D eigenvalue weighted by Gasteiger charge is -2.37. The number of ether oxygens (including phenoxy) is 1. The Morgan fingerprint density at radius 2 is 2.26 bits per heavy atom. The van der Waals surface area contributed by atoms with Crippen molar-refractivity contribution in [1.82, 2.24) is 0 Å². The Labute approximate surface area is 116 Å². The summed E-state index contributed by atoms with van der Waals surface area (Å²) in [6.45, 7) is 7.65. The zero-order valence-electron chi connectivity index (χ0n) is 12.3. The predicted octanol–water partition coefficient (Wildman–Crippen LogP) is 4.77. The Hall–Kier alpha value is -1.02. The first-order chi connectivity index (χ1) is 9.16. The second kappa shape index (κ2) is 6.95. The number of rotatable bonds is 5. The van der Waals surface area contributed by atoms with Crippen molar-refractivity contribution >= 4 is 6.08 Å². The molecule has 0 aromatic carbocycles. The smallest absolute Gasteiger partial charge is 0.126 e. The normalized spacial score (nSPS) is 28.3. The Morgan fingerprint density at radius 3 is 2.95 bits per heavy atom. The molecule has 0 saturated heterocycles. The number of hydrogen-bond acceptors (Lipinski definition) is 2. The van der Waals surface area contributed by atoms with Crippen molar-refractivity contribution in [3.05, 3.63) is 30.2 Å². The molecule has 0 spiro atoms. The van der Waals surface area contributed by atoms with E-state index in [1.807, 2.05) is 18.2 Å². The van der Waals surface area contributed by atoms with Crippen molar-refractivity contribution in [2.75, 3.05) is 6.61 Å². The molecule has 2 nitrogen and oxygen atoms in total. The highest BCUT2D eigenvalue weighted by Gasteiger charge is 2.30. The van der Waals surface area contributed by atoms with Gasteiger partial charge in [0.05, 0.1) is 19.0 Å². The second-order valence-electron chi connectivity index (χ2n) is 6.12. The van der Waals surface area contributed by atoms with Crippen LogP contribution in [0, 0.1) is 17.8 Å². The highest BCUT2D eigenvalue weighted by Crippen LogP contribution is 2.35. The van der Waals surface area contributed by atoms with Crippen LogP contribution < -0.4 is 0 Å². The minimum atomic E-state index is 0.421. The molecule has 1 aromatic heterocycles.